The van der Waals surface area contributed by atoms with Gasteiger partial charge >= 0.3 is 0 Å². The summed E-state index contributed by atoms with van der Waals surface area (Å²) in [5, 5.41) is 0.0480. The van der Waals surface area contributed by atoms with Crippen LogP contribution in [0.15, 0.2) is 28.9 Å². The van der Waals surface area contributed by atoms with E-state index in [2.05, 4.69) is 30.1 Å². The molecule has 0 saturated carbocycles. The maximum atomic E-state index is 11.8. The molecule has 4 heteroatoms. The highest BCUT2D eigenvalue weighted by molar-refractivity contribution is 8.45. The second kappa shape index (κ2) is 5.76. The summed E-state index contributed by atoms with van der Waals surface area (Å²) < 4.78 is 0.860. The third-order valence-electron chi connectivity index (χ3n) is 2.60. The van der Waals surface area contributed by atoms with Crippen LogP contribution >= 0.6 is 23.5 Å². The number of aryl methyl sites for hydroxylation is 2. The Balaban J connectivity index is 2.33. The highest BCUT2D eigenvalue weighted by Crippen LogP contribution is 2.31. The highest BCUT2D eigenvalue weighted by Gasteiger charge is 2.21. The smallest absolute Gasteiger partial charge is 0.244 e. The first kappa shape index (κ1) is 13.4. The molecule has 0 bridgehead atoms. The molecular weight excluding hydrogens is 262 g/mol. The minimum atomic E-state index is 0.0480. The molecule has 0 saturated heterocycles. The Bertz CT molecular complexity index is 547. The number of hydrogen-bond donors (Lipinski definition) is 0. The zero-order valence-electron chi connectivity index (χ0n) is 10.7. The lowest BCUT2D eigenvalue weighted by molar-refractivity contribution is -0.107. The lowest BCUT2D eigenvalue weighted by Gasteiger charge is -2.02. The monoisotopic (exact) mass is 277 g/mol. The third kappa shape index (κ3) is 3.06. The fourth-order valence-electron chi connectivity index (χ4n) is 1.64. The van der Waals surface area contributed by atoms with Crippen LogP contribution in [0.5, 0.6) is 0 Å². The van der Waals surface area contributed by atoms with E-state index in [-0.39, 0.29) is 5.12 Å². The van der Waals surface area contributed by atoms with Crippen molar-refractivity contribution in [2.45, 2.75) is 20.8 Å². The molecule has 94 valence electrons. The predicted molar refractivity (Wildman–Crippen MR) is 82.1 cm³/mol. The van der Waals surface area contributed by atoms with E-state index in [9.17, 15) is 4.79 Å². The van der Waals surface area contributed by atoms with E-state index < -0.39 is 0 Å². The molecule has 0 unspecified atom stereocenters. The van der Waals surface area contributed by atoms with Crippen LogP contribution < -0.4 is 0 Å². The molecule has 0 radical (unpaired) electrons. The maximum Gasteiger partial charge on any atom is 0.244 e. The van der Waals surface area contributed by atoms with Crippen LogP contribution in [0.1, 0.15) is 23.6 Å². The third-order valence-corrected chi connectivity index (χ3v) is 4.49. The number of thioether (sulfide) groups is 2. The van der Waals surface area contributed by atoms with Gasteiger partial charge in [0.15, 0.2) is 0 Å². The summed E-state index contributed by atoms with van der Waals surface area (Å²) in [5.41, 5.74) is 3.99. The molecule has 1 aromatic carbocycles. The lowest BCUT2D eigenvalue weighted by Crippen LogP contribution is -1.90. The van der Waals surface area contributed by atoms with Gasteiger partial charge in [-0.1, -0.05) is 42.4 Å². The molecule has 1 aromatic rings. The van der Waals surface area contributed by atoms with Gasteiger partial charge in [0.1, 0.15) is 10.1 Å². The molecule has 0 atom stereocenters. The van der Waals surface area contributed by atoms with Crippen LogP contribution in [0.4, 0.5) is 0 Å². The van der Waals surface area contributed by atoms with Gasteiger partial charge in [0.2, 0.25) is 5.12 Å². The van der Waals surface area contributed by atoms with Crippen molar-refractivity contribution in [1.82, 2.24) is 0 Å². The van der Waals surface area contributed by atoms with E-state index in [1.807, 2.05) is 19.9 Å². The van der Waals surface area contributed by atoms with E-state index in [1.165, 1.54) is 17.3 Å². The van der Waals surface area contributed by atoms with Gasteiger partial charge in [-0.3, -0.25) is 4.79 Å². The van der Waals surface area contributed by atoms with Crippen molar-refractivity contribution < 1.29 is 4.79 Å². The van der Waals surface area contributed by atoms with Crippen molar-refractivity contribution in [3.8, 4) is 0 Å². The van der Waals surface area contributed by atoms with E-state index in [0.29, 0.717) is 5.70 Å². The van der Waals surface area contributed by atoms with Gasteiger partial charge in [-0.2, -0.15) is 0 Å². The molecule has 0 spiro atoms. The fraction of sp³-hybridized carbons (Fsp3) is 0.286. The molecule has 0 aliphatic carbocycles. The van der Waals surface area contributed by atoms with Gasteiger partial charge < -0.3 is 0 Å². The van der Waals surface area contributed by atoms with Gasteiger partial charge in [0, 0.05) is 0 Å². The first-order valence-electron chi connectivity index (χ1n) is 5.82. The molecule has 2 rings (SSSR count). The summed E-state index contributed by atoms with van der Waals surface area (Å²) in [6.07, 6.45) is 1.89. The van der Waals surface area contributed by atoms with E-state index >= 15 is 0 Å². The van der Waals surface area contributed by atoms with E-state index in [1.54, 1.807) is 11.8 Å². The summed E-state index contributed by atoms with van der Waals surface area (Å²) in [6, 6.07) is 6.23. The van der Waals surface area contributed by atoms with Gasteiger partial charge in [-0.15, -0.1) is 0 Å². The minimum absolute atomic E-state index is 0.0480. The van der Waals surface area contributed by atoms with Crippen LogP contribution in [0.3, 0.4) is 0 Å². The Morgan fingerprint density at radius 2 is 2.17 bits per heavy atom. The first-order chi connectivity index (χ1) is 8.60. The summed E-state index contributed by atoms with van der Waals surface area (Å²) in [4.78, 5) is 16.2. The van der Waals surface area contributed by atoms with Crippen molar-refractivity contribution in [1.29, 1.82) is 0 Å². The number of benzene rings is 1. The van der Waals surface area contributed by atoms with E-state index in [4.69, 9.17) is 0 Å². The summed E-state index contributed by atoms with van der Waals surface area (Å²) in [6.45, 7) is 6.16. The average molecular weight is 277 g/mol. The fourth-order valence-corrected chi connectivity index (χ4v) is 3.38. The molecule has 0 fully saturated rings. The molecule has 0 aromatic heterocycles. The summed E-state index contributed by atoms with van der Waals surface area (Å²) >= 11 is 2.85. The molecule has 18 heavy (non-hydrogen) atoms. The number of carbonyl (C=O) groups excluding carboxylic acids is 1. The zero-order chi connectivity index (χ0) is 13.1. The van der Waals surface area contributed by atoms with Gasteiger partial charge in [0.05, 0.1) is 0 Å². The second-order valence-electron chi connectivity index (χ2n) is 4.09. The molecule has 2 nitrogen and oxygen atoms in total. The van der Waals surface area contributed by atoms with Gasteiger partial charge in [-0.05, 0) is 48.6 Å². The Hall–Kier alpha value is -1.000. The van der Waals surface area contributed by atoms with E-state index in [0.717, 1.165) is 21.3 Å². The van der Waals surface area contributed by atoms with Crippen molar-refractivity contribution in [2.75, 3.05) is 5.75 Å². The minimum Gasteiger partial charge on any atom is -0.279 e. The number of aliphatic imine (C=N–C) groups is 1. The van der Waals surface area contributed by atoms with Crippen LogP contribution in [-0.4, -0.2) is 15.2 Å². The van der Waals surface area contributed by atoms with Crippen molar-refractivity contribution in [2.24, 2.45) is 4.99 Å². The normalized spacial score (nSPS) is 17.4. The summed E-state index contributed by atoms with van der Waals surface area (Å²) in [5.74, 6) is 0.940. The predicted octanol–water partition coefficient (Wildman–Crippen LogP) is 4.03. The number of hydrogen-bond acceptors (Lipinski definition) is 4. The standard InChI is InChI=1S/C14H15NOS2/c1-4-17-14-15-12(13(16)18-14)8-11-7-9(2)5-6-10(11)3/h5-8H,4H2,1-3H3/b12-8+. The van der Waals surface area contributed by atoms with Crippen molar-refractivity contribution in [3.05, 3.63) is 40.6 Å². The number of carbonyl (C=O) groups is 1. The molecule has 1 aliphatic rings. The molecule has 1 aliphatic heterocycles. The lowest BCUT2D eigenvalue weighted by atomic mass is 10.0. The van der Waals surface area contributed by atoms with Crippen LogP contribution in [-0.2, 0) is 4.79 Å². The van der Waals surface area contributed by atoms with Crippen LogP contribution in [0.25, 0.3) is 6.08 Å². The van der Waals surface area contributed by atoms with Gasteiger partial charge in [-0.25, -0.2) is 4.99 Å². The topological polar surface area (TPSA) is 29.4 Å². The number of nitrogens with zero attached hydrogens (tertiary/aromatic N) is 1. The summed E-state index contributed by atoms with van der Waals surface area (Å²) in [7, 11) is 0. The van der Waals surface area contributed by atoms with Crippen LogP contribution in [0.2, 0.25) is 0 Å². The largest absolute Gasteiger partial charge is 0.279 e. The maximum absolute atomic E-state index is 11.8. The Kier molecular flexibility index (Phi) is 4.30. The molecular formula is C14H15NOS2. The quantitative estimate of drug-likeness (QED) is 0.764. The Morgan fingerprint density at radius 1 is 1.39 bits per heavy atom. The van der Waals surface area contributed by atoms with Crippen molar-refractivity contribution >= 4 is 39.1 Å². The Labute approximate surface area is 116 Å². The number of rotatable bonds is 2. The van der Waals surface area contributed by atoms with Crippen LogP contribution in [0, 0.1) is 13.8 Å². The molecule has 1 heterocycles. The SMILES string of the molecule is CCSC1=N/C(=C/c2cc(C)ccc2C)C(=O)S1. The van der Waals surface area contributed by atoms with Crippen molar-refractivity contribution in [3.63, 3.8) is 0 Å². The highest BCUT2D eigenvalue weighted by atomic mass is 32.2. The second-order valence-corrected chi connectivity index (χ2v) is 6.56. The molecule has 0 amide bonds. The zero-order valence-corrected chi connectivity index (χ0v) is 12.3. The van der Waals surface area contributed by atoms with Gasteiger partial charge in [0.25, 0.3) is 0 Å². The Morgan fingerprint density at radius 3 is 2.89 bits per heavy atom. The first-order valence-corrected chi connectivity index (χ1v) is 7.63. The average Bonchev–Trinajstić information content (AvgIpc) is 2.65. The molecule has 0 N–H and O–H groups in total.